The molecule has 0 aliphatic carbocycles. The van der Waals surface area contributed by atoms with Crippen LogP contribution in [0.25, 0.3) is 0 Å². The third-order valence-corrected chi connectivity index (χ3v) is 5.57. The molecule has 2 N–H and O–H groups in total. The van der Waals surface area contributed by atoms with Gasteiger partial charge in [0, 0.05) is 5.56 Å². The molecule has 11 heteroatoms. The highest BCUT2D eigenvalue weighted by molar-refractivity contribution is 7.80. The molecular weight excluding hydrogens is 444 g/mol. The van der Waals surface area contributed by atoms with E-state index in [4.69, 9.17) is 31.2 Å². The van der Waals surface area contributed by atoms with E-state index in [1.54, 1.807) is 39.0 Å². The Kier molecular flexibility index (Phi) is 7.08. The summed E-state index contributed by atoms with van der Waals surface area (Å²) in [4.78, 5) is 37.5. The van der Waals surface area contributed by atoms with Crippen molar-refractivity contribution in [1.29, 1.82) is 0 Å². The molecule has 2 aromatic rings. The van der Waals surface area contributed by atoms with Crippen LogP contribution >= 0.6 is 23.6 Å². The van der Waals surface area contributed by atoms with Crippen molar-refractivity contribution in [3.8, 4) is 11.5 Å². The van der Waals surface area contributed by atoms with Crippen molar-refractivity contribution in [2.24, 2.45) is 0 Å². The number of hydrogen-bond donors (Lipinski definition) is 2. The third kappa shape index (κ3) is 4.94. The van der Waals surface area contributed by atoms with Gasteiger partial charge in [0.05, 0.1) is 18.8 Å². The van der Waals surface area contributed by atoms with Crippen LogP contribution in [0.1, 0.15) is 49.8 Å². The lowest BCUT2D eigenvalue weighted by molar-refractivity contribution is 0.0527. The molecule has 0 radical (unpaired) electrons. The molecule has 0 saturated carbocycles. The quantitative estimate of drug-likeness (QED) is 0.491. The molecule has 0 fully saturated rings. The minimum atomic E-state index is -0.612. The van der Waals surface area contributed by atoms with Gasteiger partial charge in [-0.25, -0.2) is 9.59 Å². The number of rotatable bonds is 6. The minimum Gasteiger partial charge on any atom is -0.462 e. The lowest BCUT2D eigenvalue weighted by atomic mass is 10.1. The first-order chi connectivity index (χ1) is 14.8. The molecule has 0 saturated heterocycles. The Hall–Kier alpha value is -3.18. The number of thiocarbonyl (C=S) groups is 1. The molecule has 9 nitrogen and oxygen atoms in total. The summed E-state index contributed by atoms with van der Waals surface area (Å²) in [6.45, 7) is 5.43. The number of esters is 2. The Bertz CT molecular complexity index is 1050. The summed E-state index contributed by atoms with van der Waals surface area (Å²) >= 11 is 6.23. The molecule has 1 aromatic carbocycles. The molecule has 0 atom stereocenters. The van der Waals surface area contributed by atoms with Crippen LogP contribution in [-0.4, -0.2) is 43.0 Å². The standard InChI is InChI=1S/C20H20N2O7S2/c1-4-26-18(24)14-10(3)15(19(25)27-5-2)31-17(14)22-20(30)21-16(23)11-6-7-12-13(8-11)29-9-28-12/h6-8H,4-5,9H2,1-3H3,(H2,21,22,23,30). The normalized spacial score (nSPS) is 11.6. The number of carbonyl (C=O) groups is 3. The van der Waals surface area contributed by atoms with E-state index < -0.39 is 17.8 Å². The molecule has 2 heterocycles. The Balaban J connectivity index is 1.79. The molecule has 164 valence electrons. The number of benzene rings is 1. The summed E-state index contributed by atoms with van der Waals surface area (Å²) in [6, 6.07) is 4.74. The molecular formula is C20H20N2O7S2. The maximum Gasteiger partial charge on any atom is 0.348 e. The van der Waals surface area contributed by atoms with Crippen LogP contribution in [0.15, 0.2) is 18.2 Å². The molecule has 1 aromatic heterocycles. The van der Waals surface area contributed by atoms with Gasteiger partial charge in [-0.05, 0) is 56.8 Å². The Morgan fingerprint density at radius 1 is 1.10 bits per heavy atom. The Morgan fingerprint density at radius 2 is 1.77 bits per heavy atom. The van der Waals surface area contributed by atoms with Crippen LogP contribution in [0, 0.1) is 6.92 Å². The first-order valence-electron chi connectivity index (χ1n) is 9.35. The number of carbonyl (C=O) groups excluding carboxylic acids is 3. The molecule has 1 amide bonds. The molecule has 31 heavy (non-hydrogen) atoms. The van der Waals surface area contributed by atoms with Crippen molar-refractivity contribution < 1.29 is 33.3 Å². The lowest BCUT2D eigenvalue weighted by Crippen LogP contribution is -2.34. The topological polar surface area (TPSA) is 112 Å². The zero-order chi connectivity index (χ0) is 22.5. The fourth-order valence-electron chi connectivity index (χ4n) is 2.79. The van der Waals surface area contributed by atoms with Gasteiger partial charge in [-0.15, -0.1) is 11.3 Å². The second-order valence-corrected chi connectivity index (χ2v) is 7.61. The van der Waals surface area contributed by atoms with Crippen LogP contribution in [0.4, 0.5) is 5.00 Å². The highest BCUT2D eigenvalue weighted by Crippen LogP contribution is 2.35. The highest BCUT2D eigenvalue weighted by atomic mass is 32.1. The lowest BCUT2D eigenvalue weighted by Gasteiger charge is -2.10. The first-order valence-corrected chi connectivity index (χ1v) is 10.6. The fourth-order valence-corrected chi connectivity index (χ4v) is 4.14. The van der Waals surface area contributed by atoms with Crippen molar-refractivity contribution in [2.45, 2.75) is 20.8 Å². The number of thiophene rings is 1. The maximum atomic E-state index is 12.5. The molecule has 0 bridgehead atoms. The van der Waals surface area contributed by atoms with E-state index in [-0.39, 0.29) is 40.6 Å². The van der Waals surface area contributed by atoms with Gasteiger partial charge in [-0.1, -0.05) is 0 Å². The fraction of sp³-hybridized carbons (Fsp3) is 0.300. The van der Waals surface area contributed by atoms with Gasteiger partial charge in [-0.2, -0.15) is 0 Å². The van der Waals surface area contributed by atoms with E-state index in [1.807, 2.05) is 0 Å². The van der Waals surface area contributed by atoms with E-state index in [2.05, 4.69) is 10.6 Å². The molecule has 1 aliphatic rings. The van der Waals surface area contributed by atoms with E-state index in [0.29, 0.717) is 22.6 Å². The van der Waals surface area contributed by atoms with Crippen LogP contribution < -0.4 is 20.1 Å². The summed E-state index contributed by atoms with van der Waals surface area (Å²) in [5, 5.41) is 5.58. The van der Waals surface area contributed by atoms with Gasteiger partial charge in [0.1, 0.15) is 9.88 Å². The van der Waals surface area contributed by atoms with Crippen molar-refractivity contribution in [1.82, 2.24) is 5.32 Å². The number of amides is 1. The smallest absolute Gasteiger partial charge is 0.348 e. The second kappa shape index (κ2) is 9.75. The van der Waals surface area contributed by atoms with Crippen LogP contribution in [0.2, 0.25) is 0 Å². The van der Waals surface area contributed by atoms with Crippen LogP contribution in [-0.2, 0) is 9.47 Å². The monoisotopic (exact) mass is 464 g/mol. The van der Waals surface area contributed by atoms with Gasteiger partial charge in [-0.3, -0.25) is 10.1 Å². The Morgan fingerprint density at radius 3 is 2.48 bits per heavy atom. The number of ether oxygens (including phenoxy) is 4. The van der Waals surface area contributed by atoms with E-state index in [1.165, 1.54) is 0 Å². The van der Waals surface area contributed by atoms with Crippen molar-refractivity contribution in [3.63, 3.8) is 0 Å². The molecule has 3 rings (SSSR count). The van der Waals surface area contributed by atoms with Gasteiger partial charge in [0.15, 0.2) is 16.6 Å². The zero-order valence-corrected chi connectivity index (χ0v) is 18.7. The van der Waals surface area contributed by atoms with E-state index >= 15 is 0 Å². The zero-order valence-electron chi connectivity index (χ0n) is 17.0. The van der Waals surface area contributed by atoms with Crippen molar-refractivity contribution >= 4 is 51.5 Å². The van der Waals surface area contributed by atoms with Gasteiger partial charge in [0.2, 0.25) is 6.79 Å². The summed E-state index contributed by atoms with van der Waals surface area (Å²) < 4.78 is 20.6. The average Bonchev–Trinajstić information content (AvgIpc) is 3.31. The van der Waals surface area contributed by atoms with Gasteiger partial charge >= 0.3 is 11.9 Å². The third-order valence-electron chi connectivity index (χ3n) is 4.18. The maximum absolute atomic E-state index is 12.5. The number of anilines is 1. The predicted molar refractivity (Wildman–Crippen MR) is 117 cm³/mol. The molecule has 1 aliphatic heterocycles. The van der Waals surface area contributed by atoms with Crippen molar-refractivity contribution in [2.75, 3.05) is 25.3 Å². The van der Waals surface area contributed by atoms with Crippen LogP contribution in [0.5, 0.6) is 11.5 Å². The predicted octanol–water partition coefficient (Wildman–Crippen LogP) is 3.27. The average molecular weight is 465 g/mol. The minimum absolute atomic E-state index is 0.0510. The largest absolute Gasteiger partial charge is 0.462 e. The Labute approximate surface area is 187 Å². The molecule has 0 unspecified atom stereocenters. The van der Waals surface area contributed by atoms with E-state index in [9.17, 15) is 14.4 Å². The van der Waals surface area contributed by atoms with E-state index in [0.717, 1.165) is 11.3 Å². The summed E-state index contributed by atoms with van der Waals surface area (Å²) in [5.41, 5.74) is 0.887. The summed E-state index contributed by atoms with van der Waals surface area (Å²) in [6.07, 6.45) is 0. The number of hydrogen-bond acceptors (Lipinski definition) is 9. The summed E-state index contributed by atoms with van der Waals surface area (Å²) in [5.74, 6) is -0.633. The van der Waals surface area contributed by atoms with Gasteiger partial charge in [0.25, 0.3) is 5.91 Å². The SMILES string of the molecule is CCOC(=O)c1sc(NC(=S)NC(=O)c2ccc3c(c2)OCO3)c(C(=O)OCC)c1C. The van der Waals surface area contributed by atoms with Crippen molar-refractivity contribution in [3.05, 3.63) is 39.8 Å². The summed E-state index contributed by atoms with van der Waals surface area (Å²) in [7, 11) is 0. The number of fused-ring (bicyclic) bond motifs is 1. The molecule has 0 spiro atoms. The second-order valence-electron chi connectivity index (χ2n) is 6.18. The number of nitrogens with one attached hydrogen (secondary N) is 2. The first kappa shape index (κ1) is 22.5. The van der Waals surface area contributed by atoms with Gasteiger partial charge < -0.3 is 24.3 Å². The van der Waals surface area contributed by atoms with Crippen LogP contribution in [0.3, 0.4) is 0 Å². The highest BCUT2D eigenvalue weighted by Gasteiger charge is 2.27.